The molecule has 140 valence electrons. The van der Waals surface area contributed by atoms with Gasteiger partial charge in [0.15, 0.2) is 5.82 Å². The summed E-state index contributed by atoms with van der Waals surface area (Å²) in [5.74, 6) is 0.217. The third kappa shape index (κ3) is 3.75. The van der Waals surface area contributed by atoms with Crippen LogP contribution in [0.2, 0.25) is 0 Å². The number of pyridine rings is 1. The molecule has 0 spiro atoms. The zero-order valence-electron chi connectivity index (χ0n) is 15.4. The first-order chi connectivity index (χ1) is 13.0. The maximum Gasteiger partial charge on any atom is 0.228 e. The number of fused-ring (bicyclic) bond motifs is 1. The van der Waals surface area contributed by atoms with Gasteiger partial charge in [0.25, 0.3) is 0 Å². The number of carbonyl (C=O) groups excluding carboxylic acids is 1. The Kier molecular flexibility index (Phi) is 4.97. The highest BCUT2D eigenvalue weighted by molar-refractivity contribution is 9.10. The van der Waals surface area contributed by atoms with Crippen LogP contribution in [0.4, 0.5) is 5.69 Å². The highest BCUT2D eigenvalue weighted by Gasteiger charge is 2.21. The Morgan fingerprint density at radius 3 is 2.70 bits per heavy atom. The van der Waals surface area contributed by atoms with Crippen molar-refractivity contribution < 1.29 is 4.79 Å². The normalized spacial score (nSPS) is 15.6. The van der Waals surface area contributed by atoms with Crippen LogP contribution in [0, 0.1) is 0 Å². The number of H-pyrrole nitrogens is 1. The van der Waals surface area contributed by atoms with Gasteiger partial charge in [-0.15, -0.1) is 0 Å². The number of anilines is 1. The number of aromatic amines is 1. The first-order valence-electron chi connectivity index (χ1n) is 9.08. The SMILES string of the molecule is CN(C)C1CCN(c2ccc3nc(C(=O)c4ccnc(Br)c4)[nH]c3c2)CC1. The van der Waals surface area contributed by atoms with Gasteiger partial charge < -0.3 is 14.8 Å². The fraction of sp³-hybridized carbons (Fsp3) is 0.350. The summed E-state index contributed by atoms with van der Waals surface area (Å²) in [4.78, 5) is 29.1. The Balaban J connectivity index is 1.56. The molecule has 0 unspecified atom stereocenters. The van der Waals surface area contributed by atoms with Gasteiger partial charge in [-0.05, 0) is 73.2 Å². The molecule has 0 radical (unpaired) electrons. The quantitative estimate of drug-likeness (QED) is 0.509. The van der Waals surface area contributed by atoms with E-state index in [-0.39, 0.29) is 5.78 Å². The van der Waals surface area contributed by atoms with E-state index in [9.17, 15) is 4.79 Å². The van der Waals surface area contributed by atoms with Gasteiger partial charge in [-0.1, -0.05) is 0 Å². The number of nitrogens with zero attached hydrogens (tertiary/aromatic N) is 4. The Bertz CT molecular complexity index is 975. The topological polar surface area (TPSA) is 65.1 Å². The standard InChI is InChI=1S/C20H22BrN5O/c1-25(2)14-6-9-26(10-7-14)15-3-4-16-17(12-15)24-20(23-16)19(27)13-5-8-22-18(21)11-13/h3-5,8,11-12,14H,6-7,9-10H2,1-2H3,(H,23,24). The van der Waals surface area contributed by atoms with Crippen LogP contribution in [-0.2, 0) is 0 Å². The highest BCUT2D eigenvalue weighted by atomic mass is 79.9. The van der Waals surface area contributed by atoms with Crippen molar-refractivity contribution in [3.8, 4) is 0 Å². The van der Waals surface area contributed by atoms with Crippen molar-refractivity contribution in [1.29, 1.82) is 0 Å². The molecule has 0 amide bonds. The Morgan fingerprint density at radius 2 is 2.00 bits per heavy atom. The summed E-state index contributed by atoms with van der Waals surface area (Å²) in [7, 11) is 4.30. The van der Waals surface area contributed by atoms with E-state index in [2.05, 4.69) is 66.9 Å². The van der Waals surface area contributed by atoms with Crippen molar-refractivity contribution in [2.45, 2.75) is 18.9 Å². The number of carbonyl (C=O) groups is 1. The second-order valence-corrected chi connectivity index (χ2v) is 7.98. The van der Waals surface area contributed by atoms with Crippen molar-refractivity contribution >= 4 is 38.4 Å². The number of ketones is 1. The summed E-state index contributed by atoms with van der Waals surface area (Å²) in [6.07, 6.45) is 3.93. The van der Waals surface area contributed by atoms with Crippen LogP contribution in [0.3, 0.4) is 0 Å². The van der Waals surface area contributed by atoms with Gasteiger partial charge in [-0.25, -0.2) is 9.97 Å². The molecule has 3 heterocycles. The number of halogens is 1. The van der Waals surface area contributed by atoms with E-state index in [0.717, 1.165) is 37.0 Å². The molecule has 0 saturated carbocycles. The van der Waals surface area contributed by atoms with E-state index < -0.39 is 0 Å². The summed E-state index contributed by atoms with van der Waals surface area (Å²) in [5, 5.41) is 0. The molecule has 1 N–H and O–H groups in total. The lowest BCUT2D eigenvalue weighted by molar-refractivity contribution is 0.103. The van der Waals surface area contributed by atoms with Crippen molar-refractivity contribution in [3.63, 3.8) is 0 Å². The molecule has 1 aliphatic heterocycles. The second-order valence-electron chi connectivity index (χ2n) is 7.17. The maximum atomic E-state index is 12.7. The summed E-state index contributed by atoms with van der Waals surface area (Å²) >= 11 is 3.30. The monoisotopic (exact) mass is 427 g/mol. The Hall–Kier alpha value is -2.25. The average Bonchev–Trinajstić information content (AvgIpc) is 3.10. The zero-order chi connectivity index (χ0) is 19.0. The molecule has 2 aromatic heterocycles. The lowest BCUT2D eigenvalue weighted by atomic mass is 10.0. The molecule has 27 heavy (non-hydrogen) atoms. The van der Waals surface area contributed by atoms with Gasteiger partial charge >= 0.3 is 0 Å². The van der Waals surface area contributed by atoms with E-state index in [0.29, 0.717) is 22.0 Å². The number of piperidine rings is 1. The first-order valence-corrected chi connectivity index (χ1v) is 9.88. The van der Waals surface area contributed by atoms with Crippen molar-refractivity contribution in [3.05, 3.63) is 52.5 Å². The molecule has 1 fully saturated rings. The number of imidazole rings is 1. The van der Waals surface area contributed by atoms with Crippen LogP contribution in [0.5, 0.6) is 0 Å². The third-order valence-electron chi connectivity index (χ3n) is 5.23. The van der Waals surface area contributed by atoms with Crippen LogP contribution >= 0.6 is 15.9 Å². The second kappa shape index (κ2) is 7.40. The summed E-state index contributed by atoms with van der Waals surface area (Å²) in [5.41, 5.74) is 3.42. The van der Waals surface area contributed by atoms with Gasteiger partial charge in [0.05, 0.1) is 11.0 Å². The van der Waals surface area contributed by atoms with Crippen molar-refractivity contribution in [1.82, 2.24) is 19.9 Å². The molecule has 1 aliphatic rings. The van der Waals surface area contributed by atoms with Crippen LogP contribution < -0.4 is 4.90 Å². The van der Waals surface area contributed by atoms with E-state index in [1.165, 1.54) is 5.69 Å². The Labute approximate surface area is 166 Å². The largest absolute Gasteiger partial charge is 0.371 e. The fourth-order valence-corrected chi connectivity index (χ4v) is 3.99. The molecule has 0 bridgehead atoms. The van der Waals surface area contributed by atoms with E-state index >= 15 is 0 Å². The van der Waals surface area contributed by atoms with E-state index in [1.54, 1.807) is 18.3 Å². The predicted octanol–water partition coefficient (Wildman–Crippen LogP) is 3.48. The summed E-state index contributed by atoms with van der Waals surface area (Å²) in [6, 6.07) is 10.2. The molecular formula is C20H22BrN5O. The number of hydrogen-bond acceptors (Lipinski definition) is 5. The lowest BCUT2D eigenvalue weighted by Crippen LogP contribution is -2.41. The molecule has 0 aliphatic carbocycles. The van der Waals surface area contributed by atoms with Crippen molar-refractivity contribution in [2.75, 3.05) is 32.1 Å². The highest BCUT2D eigenvalue weighted by Crippen LogP contribution is 2.25. The molecule has 3 aromatic rings. The predicted molar refractivity (Wildman–Crippen MR) is 110 cm³/mol. The van der Waals surface area contributed by atoms with Gasteiger partial charge in [-0.3, -0.25) is 4.79 Å². The lowest BCUT2D eigenvalue weighted by Gasteiger charge is -2.36. The van der Waals surface area contributed by atoms with E-state index in [4.69, 9.17) is 0 Å². The fourth-order valence-electron chi connectivity index (χ4n) is 3.62. The molecule has 1 aromatic carbocycles. The van der Waals surface area contributed by atoms with Crippen LogP contribution in [-0.4, -0.2) is 58.9 Å². The maximum absolute atomic E-state index is 12.7. The molecule has 0 atom stereocenters. The van der Waals surface area contributed by atoms with Crippen LogP contribution in [0.1, 0.15) is 29.0 Å². The molecule has 7 heteroatoms. The molecule has 4 rings (SSSR count). The smallest absolute Gasteiger partial charge is 0.228 e. The number of rotatable bonds is 4. The number of nitrogens with one attached hydrogen (secondary N) is 1. The van der Waals surface area contributed by atoms with Gasteiger partial charge in [0.1, 0.15) is 4.60 Å². The molecular weight excluding hydrogens is 406 g/mol. The van der Waals surface area contributed by atoms with Gasteiger partial charge in [-0.2, -0.15) is 0 Å². The van der Waals surface area contributed by atoms with Gasteiger partial charge in [0, 0.05) is 36.6 Å². The Morgan fingerprint density at radius 1 is 1.22 bits per heavy atom. The molecule has 1 saturated heterocycles. The number of aromatic nitrogens is 3. The van der Waals surface area contributed by atoms with Crippen molar-refractivity contribution in [2.24, 2.45) is 0 Å². The average molecular weight is 428 g/mol. The molecule has 6 nitrogen and oxygen atoms in total. The summed E-state index contributed by atoms with van der Waals surface area (Å²) in [6.45, 7) is 2.08. The third-order valence-corrected chi connectivity index (χ3v) is 5.66. The van der Waals surface area contributed by atoms with E-state index in [1.807, 2.05) is 6.07 Å². The number of benzene rings is 1. The first kappa shape index (κ1) is 18.1. The van der Waals surface area contributed by atoms with Crippen LogP contribution in [0.25, 0.3) is 11.0 Å². The number of hydrogen-bond donors (Lipinski definition) is 1. The minimum absolute atomic E-state index is 0.136. The minimum atomic E-state index is -0.136. The zero-order valence-corrected chi connectivity index (χ0v) is 17.0. The summed E-state index contributed by atoms with van der Waals surface area (Å²) < 4.78 is 0.632. The minimum Gasteiger partial charge on any atom is -0.371 e. The van der Waals surface area contributed by atoms with Crippen LogP contribution in [0.15, 0.2) is 41.1 Å². The van der Waals surface area contributed by atoms with Gasteiger partial charge in [0.2, 0.25) is 5.78 Å².